The number of rotatable bonds is 5. The Kier molecular flexibility index (Phi) is 6.02. The van der Waals surface area contributed by atoms with Crippen LogP contribution in [0, 0.1) is 0 Å². The number of methoxy groups -OCH3 is 1. The number of likely N-dealkylation sites (tertiary alicyclic amines) is 1. The van der Waals surface area contributed by atoms with Crippen LogP contribution in [0.1, 0.15) is 30.3 Å². The van der Waals surface area contributed by atoms with E-state index in [4.69, 9.17) is 4.74 Å². The lowest BCUT2D eigenvalue weighted by atomic mass is 10.0. The van der Waals surface area contributed by atoms with Crippen LogP contribution in [0.15, 0.2) is 60.7 Å². The summed E-state index contributed by atoms with van der Waals surface area (Å²) in [6.45, 7) is 2.72. The molecule has 1 N–H and O–H groups in total. The average Bonchev–Trinajstić information content (AvgIpc) is 3.25. The normalized spacial score (nSPS) is 14.3. The summed E-state index contributed by atoms with van der Waals surface area (Å²) < 4.78 is 7.07. The number of amides is 2. The van der Waals surface area contributed by atoms with Gasteiger partial charge in [-0.2, -0.15) is 5.10 Å². The van der Waals surface area contributed by atoms with Crippen LogP contribution in [-0.4, -0.2) is 52.7 Å². The van der Waals surface area contributed by atoms with Gasteiger partial charge in [-0.25, -0.2) is 4.68 Å². The molecule has 0 unspecified atom stereocenters. The van der Waals surface area contributed by atoms with Crippen LogP contribution >= 0.6 is 0 Å². The summed E-state index contributed by atoms with van der Waals surface area (Å²) in [5.74, 6) is 0.647. The highest BCUT2D eigenvalue weighted by molar-refractivity contribution is 5.93. The predicted octanol–water partition coefficient (Wildman–Crippen LogP) is 3.29. The van der Waals surface area contributed by atoms with Gasteiger partial charge in [-0.3, -0.25) is 9.59 Å². The topological polar surface area (TPSA) is 76.5 Å². The van der Waals surface area contributed by atoms with Gasteiger partial charge in [0.15, 0.2) is 5.69 Å². The van der Waals surface area contributed by atoms with Crippen molar-refractivity contribution in [2.75, 3.05) is 20.2 Å². The van der Waals surface area contributed by atoms with Crippen LogP contribution in [0.5, 0.6) is 5.75 Å². The number of carbonyl (C=O) groups is 2. The Morgan fingerprint density at radius 3 is 2.32 bits per heavy atom. The molecule has 1 aliphatic rings. The Morgan fingerprint density at radius 1 is 1.03 bits per heavy atom. The van der Waals surface area contributed by atoms with E-state index in [0.29, 0.717) is 18.8 Å². The lowest BCUT2D eigenvalue weighted by molar-refractivity contribution is -0.119. The summed E-state index contributed by atoms with van der Waals surface area (Å²) in [7, 11) is 1.63. The fourth-order valence-corrected chi connectivity index (χ4v) is 3.90. The summed E-state index contributed by atoms with van der Waals surface area (Å²) in [5, 5.41) is 7.61. The number of para-hydroxylation sites is 1. The molecule has 0 bridgehead atoms. The molecule has 1 fully saturated rings. The van der Waals surface area contributed by atoms with Crippen LogP contribution in [-0.2, 0) is 4.79 Å². The van der Waals surface area contributed by atoms with E-state index in [1.807, 2.05) is 65.6 Å². The minimum Gasteiger partial charge on any atom is -0.497 e. The fourth-order valence-electron chi connectivity index (χ4n) is 3.90. The van der Waals surface area contributed by atoms with E-state index < -0.39 is 0 Å². The number of nitrogens with one attached hydrogen (secondary N) is 1. The summed E-state index contributed by atoms with van der Waals surface area (Å²) >= 11 is 0. The van der Waals surface area contributed by atoms with Crippen molar-refractivity contribution in [1.82, 2.24) is 20.0 Å². The van der Waals surface area contributed by atoms with Crippen LogP contribution in [0.25, 0.3) is 16.9 Å². The first-order valence-corrected chi connectivity index (χ1v) is 10.4. The van der Waals surface area contributed by atoms with Crippen molar-refractivity contribution in [1.29, 1.82) is 0 Å². The lowest BCUT2D eigenvalue weighted by Crippen LogP contribution is -2.46. The van der Waals surface area contributed by atoms with Gasteiger partial charge < -0.3 is 15.0 Å². The maximum Gasteiger partial charge on any atom is 0.274 e. The molecule has 0 aliphatic carbocycles. The molecule has 0 saturated carbocycles. The molecule has 1 aromatic heterocycles. The molecule has 3 aromatic rings. The zero-order chi connectivity index (χ0) is 21.8. The van der Waals surface area contributed by atoms with Crippen molar-refractivity contribution in [3.8, 4) is 22.7 Å². The van der Waals surface area contributed by atoms with E-state index in [1.54, 1.807) is 11.8 Å². The van der Waals surface area contributed by atoms with Crippen LogP contribution in [0.4, 0.5) is 0 Å². The highest BCUT2D eigenvalue weighted by atomic mass is 16.5. The number of nitrogens with zero attached hydrogens (tertiary/aromatic N) is 3. The minimum atomic E-state index is -0.0919. The number of carbonyl (C=O) groups excluding carboxylic acids is 2. The Bertz CT molecular complexity index is 1050. The number of aromatic nitrogens is 2. The van der Waals surface area contributed by atoms with Crippen molar-refractivity contribution in [3.63, 3.8) is 0 Å². The Labute approximate surface area is 181 Å². The van der Waals surface area contributed by atoms with E-state index in [2.05, 4.69) is 10.4 Å². The maximum absolute atomic E-state index is 13.2. The number of benzene rings is 2. The Hall–Kier alpha value is -3.61. The van der Waals surface area contributed by atoms with Gasteiger partial charge in [-0.05, 0) is 55.3 Å². The molecule has 160 valence electrons. The van der Waals surface area contributed by atoms with E-state index in [9.17, 15) is 9.59 Å². The van der Waals surface area contributed by atoms with E-state index in [1.165, 1.54) is 6.92 Å². The van der Waals surface area contributed by atoms with Gasteiger partial charge in [0.05, 0.1) is 18.5 Å². The van der Waals surface area contributed by atoms with Gasteiger partial charge in [0.25, 0.3) is 5.91 Å². The number of ether oxygens (including phenoxy) is 1. The molecular weight excluding hydrogens is 392 g/mol. The van der Waals surface area contributed by atoms with Crippen molar-refractivity contribution in [2.24, 2.45) is 0 Å². The molecule has 0 radical (unpaired) electrons. The van der Waals surface area contributed by atoms with Crippen LogP contribution < -0.4 is 10.1 Å². The second-order valence-corrected chi connectivity index (χ2v) is 7.66. The number of hydrogen-bond donors (Lipinski definition) is 1. The first-order chi connectivity index (χ1) is 15.0. The van der Waals surface area contributed by atoms with E-state index in [0.717, 1.165) is 35.5 Å². The summed E-state index contributed by atoms with van der Waals surface area (Å²) in [4.78, 5) is 26.3. The zero-order valence-electron chi connectivity index (χ0n) is 17.7. The smallest absolute Gasteiger partial charge is 0.274 e. The highest BCUT2D eigenvalue weighted by Gasteiger charge is 2.26. The molecule has 31 heavy (non-hydrogen) atoms. The van der Waals surface area contributed by atoms with Crippen molar-refractivity contribution in [3.05, 3.63) is 66.4 Å². The molecule has 2 aromatic carbocycles. The van der Waals surface area contributed by atoms with Crippen LogP contribution in [0.3, 0.4) is 0 Å². The molecular formula is C24H26N4O3. The van der Waals surface area contributed by atoms with Crippen LogP contribution in [0.2, 0.25) is 0 Å². The molecule has 2 amide bonds. The molecule has 1 aliphatic heterocycles. The lowest BCUT2D eigenvalue weighted by Gasteiger charge is -2.31. The van der Waals surface area contributed by atoms with Crippen molar-refractivity contribution < 1.29 is 14.3 Å². The Balaban J connectivity index is 1.62. The molecule has 4 rings (SSSR count). The zero-order valence-corrected chi connectivity index (χ0v) is 17.7. The third-order valence-electron chi connectivity index (χ3n) is 5.50. The minimum absolute atomic E-state index is 0.0319. The van der Waals surface area contributed by atoms with Gasteiger partial charge in [-0.15, -0.1) is 0 Å². The van der Waals surface area contributed by atoms with Crippen molar-refractivity contribution >= 4 is 11.8 Å². The second-order valence-electron chi connectivity index (χ2n) is 7.66. The monoisotopic (exact) mass is 418 g/mol. The van der Waals surface area contributed by atoms with Gasteiger partial charge >= 0.3 is 0 Å². The van der Waals surface area contributed by atoms with Gasteiger partial charge in [-0.1, -0.05) is 18.2 Å². The average molecular weight is 418 g/mol. The number of piperidine rings is 1. The van der Waals surface area contributed by atoms with Gasteiger partial charge in [0, 0.05) is 31.6 Å². The third kappa shape index (κ3) is 4.60. The van der Waals surface area contributed by atoms with E-state index in [-0.39, 0.29) is 17.9 Å². The number of hydrogen-bond acceptors (Lipinski definition) is 4. The molecule has 7 nitrogen and oxygen atoms in total. The molecule has 2 heterocycles. The Morgan fingerprint density at radius 2 is 1.71 bits per heavy atom. The highest BCUT2D eigenvalue weighted by Crippen LogP contribution is 2.27. The fraction of sp³-hybridized carbons (Fsp3) is 0.292. The second kappa shape index (κ2) is 9.04. The molecule has 0 atom stereocenters. The third-order valence-corrected chi connectivity index (χ3v) is 5.50. The standard InChI is InChI=1S/C24H26N4O3/c1-17(29)25-19-12-14-27(15-13-19)24(30)22-16-23(18-8-10-21(31-2)11-9-18)28(26-22)20-6-4-3-5-7-20/h3-11,16,19H,12-15H2,1-2H3,(H,25,29). The summed E-state index contributed by atoms with van der Waals surface area (Å²) in [6, 6.07) is 19.5. The first-order valence-electron chi connectivity index (χ1n) is 10.4. The maximum atomic E-state index is 13.2. The molecule has 1 saturated heterocycles. The molecule has 7 heteroatoms. The van der Waals surface area contributed by atoms with Gasteiger partial charge in [0.1, 0.15) is 5.75 Å². The predicted molar refractivity (Wildman–Crippen MR) is 118 cm³/mol. The largest absolute Gasteiger partial charge is 0.497 e. The molecule has 0 spiro atoms. The quantitative estimate of drug-likeness (QED) is 0.690. The van der Waals surface area contributed by atoms with Crippen molar-refractivity contribution in [2.45, 2.75) is 25.8 Å². The SMILES string of the molecule is COc1ccc(-c2cc(C(=O)N3CCC(NC(C)=O)CC3)nn2-c2ccccc2)cc1. The summed E-state index contributed by atoms with van der Waals surface area (Å²) in [5.41, 5.74) is 3.08. The first kappa shape index (κ1) is 20.7. The summed E-state index contributed by atoms with van der Waals surface area (Å²) in [6.07, 6.45) is 1.49. The van der Waals surface area contributed by atoms with E-state index >= 15 is 0 Å². The van der Waals surface area contributed by atoms with Gasteiger partial charge in [0.2, 0.25) is 5.91 Å².